The maximum absolute atomic E-state index is 12.3. The second-order valence-electron chi connectivity index (χ2n) is 6.48. The van der Waals surface area contributed by atoms with Crippen molar-refractivity contribution < 1.29 is 9.53 Å². The van der Waals surface area contributed by atoms with E-state index in [1.165, 1.54) is 0 Å². The summed E-state index contributed by atoms with van der Waals surface area (Å²) in [5.41, 5.74) is 1.82. The molecule has 7 heteroatoms. The van der Waals surface area contributed by atoms with E-state index in [1.54, 1.807) is 11.3 Å². The molecule has 1 aliphatic rings. The summed E-state index contributed by atoms with van der Waals surface area (Å²) in [6.07, 6.45) is 2.56. The summed E-state index contributed by atoms with van der Waals surface area (Å²) in [5, 5.41) is 15.5. The van der Waals surface area contributed by atoms with Crippen LogP contribution in [0.4, 0.5) is 0 Å². The summed E-state index contributed by atoms with van der Waals surface area (Å²) in [7, 11) is 0. The lowest BCUT2D eigenvalue weighted by Crippen LogP contribution is -2.39. The van der Waals surface area contributed by atoms with Crippen LogP contribution in [-0.2, 0) is 16.0 Å². The van der Waals surface area contributed by atoms with Crippen molar-refractivity contribution in [2.75, 3.05) is 19.7 Å². The number of nitrogens with zero attached hydrogens (tertiary/aromatic N) is 3. The summed E-state index contributed by atoms with van der Waals surface area (Å²) in [6.45, 7) is 4.20. The van der Waals surface area contributed by atoms with Gasteiger partial charge in [0.15, 0.2) is 0 Å². The third-order valence-electron chi connectivity index (χ3n) is 4.39. The molecular weight excluding hydrogens is 348 g/mol. The second kappa shape index (κ2) is 7.57. The van der Waals surface area contributed by atoms with Gasteiger partial charge in [0, 0.05) is 48.8 Å². The summed E-state index contributed by atoms with van der Waals surface area (Å²) in [6, 6.07) is 8.13. The lowest BCUT2D eigenvalue weighted by molar-refractivity contribution is -0.121. The molecule has 0 amide bonds. The van der Waals surface area contributed by atoms with E-state index < -0.39 is 0 Å². The fourth-order valence-corrected chi connectivity index (χ4v) is 3.80. The molecule has 0 aliphatic carbocycles. The van der Waals surface area contributed by atoms with Gasteiger partial charge in [0.05, 0.1) is 12.7 Å². The molecule has 1 atom stereocenters. The third kappa shape index (κ3) is 3.95. The normalized spacial score (nSPS) is 17.5. The van der Waals surface area contributed by atoms with Crippen LogP contribution in [-0.4, -0.2) is 46.8 Å². The van der Waals surface area contributed by atoms with Crippen molar-refractivity contribution in [2.45, 2.75) is 25.9 Å². The molecule has 1 N–H and O–H groups in total. The first-order valence-corrected chi connectivity index (χ1v) is 9.52. The Morgan fingerprint density at radius 2 is 2.23 bits per heavy atom. The van der Waals surface area contributed by atoms with Crippen LogP contribution < -0.4 is 5.32 Å². The number of aryl methyl sites for hydroxylation is 1. The Morgan fingerprint density at radius 1 is 1.31 bits per heavy atom. The fraction of sp³-hybridized carbons (Fsp3) is 0.368. The zero-order valence-electron chi connectivity index (χ0n) is 14.6. The fourth-order valence-electron chi connectivity index (χ4n) is 3.11. The molecule has 0 bridgehead atoms. The van der Waals surface area contributed by atoms with E-state index in [4.69, 9.17) is 4.74 Å². The highest BCUT2D eigenvalue weighted by molar-refractivity contribution is 7.14. The molecule has 1 unspecified atom stereocenters. The molecule has 1 aliphatic heterocycles. The molecular formula is C19H20N4O2S. The molecule has 2 aromatic heterocycles. The number of ether oxygens (including phenoxy) is 1. The van der Waals surface area contributed by atoms with Crippen molar-refractivity contribution in [2.24, 2.45) is 0 Å². The lowest BCUT2D eigenvalue weighted by Gasteiger charge is -2.22. The number of hydrogen-bond acceptors (Lipinski definition) is 7. The Morgan fingerprint density at radius 3 is 3.00 bits per heavy atom. The second-order valence-corrected chi connectivity index (χ2v) is 7.66. The quantitative estimate of drug-likeness (QED) is 0.746. The van der Waals surface area contributed by atoms with Gasteiger partial charge >= 0.3 is 0 Å². The van der Waals surface area contributed by atoms with Crippen molar-refractivity contribution in [1.29, 1.82) is 0 Å². The van der Waals surface area contributed by atoms with Crippen LogP contribution >= 0.6 is 11.3 Å². The molecule has 26 heavy (non-hydrogen) atoms. The molecule has 3 heterocycles. The topological polar surface area (TPSA) is 77.0 Å². The monoisotopic (exact) mass is 368 g/mol. The van der Waals surface area contributed by atoms with Gasteiger partial charge in [-0.15, -0.1) is 10.2 Å². The third-order valence-corrected chi connectivity index (χ3v) is 5.28. The minimum Gasteiger partial charge on any atom is -0.375 e. The number of pyridine rings is 1. The number of hydrogen-bond donors (Lipinski definition) is 1. The Hall–Kier alpha value is -2.22. The summed E-state index contributed by atoms with van der Waals surface area (Å²) in [4.78, 5) is 16.8. The molecule has 0 spiro atoms. The SMILES string of the molecule is Cc1nnc(-c2ccc3cnc(CC(=O)CC4CNCCO4)cc3c2)s1. The first-order chi connectivity index (χ1) is 12.7. The van der Waals surface area contributed by atoms with E-state index in [0.29, 0.717) is 19.4 Å². The molecule has 3 aromatic rings. The van der Waals surface area contributed by atoms with Gasteiger partial charge in [0.2, 0.25) is 0 Å². The van der Waals surface area contributed by atoms with E-state index in [-0.39, 0.29) is 11.9 Å². The Balaban J connectivity index is 1.51. The van der Waals surface area contributed by atoms with Gasteiger partial charge in [-0.25, -0.2) is 0 Å². The zero-order valence-corrected chi connectivity index (χ0v) is 15.4. The van der Waals surface area contributed by atoms with Gasteiger partial charge in [-0.1, -0.05) is 23.5 Å². The van der Waals surface area contributed by atoms with Gasteiger partial charge in [0.25, 0.3) is 0 Å². The lowest BCUT2D eigenvalue weighted by atomic mass is 10.0. The van der Waals surface area contributed by atoms with Crippen LogP contribution in [0.1, 0.15) is 17.1 Å². The number of carbonyl (C=O) groups is 1. The predicted molar refractivity (Wildman–Crippen MR) is 101 cm³/mol. The van der Waals surface area contributed by atoms with Crippen LogP contribution in [0.5, 0.6) is 0 Å². The molecule has 0 radical (unpaired) electrons. The highest BCUT2D eigenvalue weighted by Gasteiger charge is 2.18. The van der Waals surface area contributed by atoms with Crippen molar-refractivity contribution in [3.63, 3.8) is 0 Å². The predicted octanol–water partition coefficient (Wildman–Crippen LogP) is 2.55. The smallest absolute Gasteiger partial charge is 0.147 e. The average molecular weight is 368 g/mol. The first kappa shape index (κ1) is 17.2. The Kier molecular flexibility index (Phi) is 5.01. The van der Waals surface area contributed by atoms with Crippen LogP contribution in [0.2, 0.25) is 0 Å². The number of nitrogens with one attached hydrogen (secondary N) is 1. The Bertz CT molecular complexity index is 934. The number of aromatic nitrogens is 3. The minimum atomic E-state index is -0.0241. The maximum atomic E-state index is 12.3. The minimum absolute atomic E-state index is 0.0241. The number of ketones is 1. The first-order valence-electron chi connectivity index (χ1n) is 8.70. The van der Waals surface area contributed by atoms with E-state index in [2.05, 4.69) is 26.6 Å². The average Bonchev–Trinajstić information content (AvgIpc) is 3.08. The molecule has 1 fully saturated rings. The summed E-state index contributed by atoms with van der Waals surface area (Å²) < 4.78 is 5.61. The van der Waals surface area contributed by atoms with Crippen LogP contribution in [0.3, 0.4) is 0 Å². The number of morpholine rings is 1. The molecule has 0 saturated carbocycles. The van der Waals surface area contributed by atoms with Crippen molar-refractivity contribution in [3.8, 4) is 10.6 Å². The molecule has 134 valence electrons. The summed E-state index contributed by atoms with van der Waals surface area (Å²) in [5.74, 6) is 0.154. The number of rotatable bonds is 5. The van der Waals surface area contributed by atoms with Crippen molar-refractivity contribution in [3.05, 3.63) is 41.2 Å². The number of benzene rings is 1. The van der Waals surface area contributed by atoms with Crippen LogP contribution in [0.15, 0.2) is 30.5 Å². The standard InChI is InChI=1S/C19H20N4O2S/c1-12-22-23-19(26-12)13-2-3-14-10-21-16(7-15(14)6-13)8-17(24)9-18-11-20-4-5-25-18/h2-3,6-7,10,18,20H,4-5,8-9,11H2,1H3. The van der Waals surface area contributed by atoms with Crippen LogP contribution in [0, 0.1) is 6.92 Å². The number of carbonyl (C=O) groups excluding carboxylic acids is 1. The van der Waals surface area contributed by atoms with Gasteiger partial charge in [-0.2, -0.15) is 0 Å². The highest BCUT2D eigenvalue weighted by Crippen LogP contribution is 2.27. The molecule has 1 saturated heterocycles. The molecule has 4 rings (SSSR count). The number of fused-ring (bicyclic) bond motifs is 1. The van der Waals surface area contributed by atoms with Gasteiger partial charge in [-0.05, 0) is 24.4 Å². The molecule has 6 nitrogen and oxygen atoms in total. The van der Waals surface area contributed by atoms with Crippen molar-refractivity contribution in [1.82, 2.24) is 20.5 Å². The van der Waals surface area contributed by atoms with E-state index in [9.17, 15) is 4.79 Å². The Labute approximate surface area is 155 Å². The van der Waals surface area contributed by atoms with Gasteiger partial charge in [0.1, 0.15) is 15.8 Å². The van der Waals surface area contributed by atoms with Gasteiger partial charge in [-0.3, -0.25) is 9.78 Å². The van der Waals surface area contributed by atoms with E-state index >= 15 is 0 Å². The largest absolute Gasteiger partial charge is 0.375 e. The van der Waals surface area contributed by atoms with Crippen molar-refractivity contribution >= 4 is 27.9 Å². The zero-order chi connectivity index (χ0) is 17.9. The molecule has 1 aromatic carbocycles. The van der Waals surface area contributed by atoms with E-state index in [1.807, 2.05) is 31.3 Å². The summed E-state index contributed by atoms with van der Waals surface area (Å²) >= 11 is 1.57. The maximum Gasteiger partial charge on any atom is 0.147 e. The number of Topliss-reactive ketones (excluding diaryl/α,β-unsaturated/α-hetero) is 1. The van der Waals surface area contributed by atoms with Gasteiger partial charge < -0.3 is 10.1 Å². The van der Waals surface area contributed by atoms with E-state index in [0.717, 1.165) is 45.1 Å². The van der Waals surface area contributed by atoms with Crippen LogP contribution in [0.25, 0.3) is 21.3 Å². The highest BCUT2D eigenvalue weighted by atomic mass is 32.1.